The summed E-state index contributed by atoms with van der Waals surface area (Å²) in [5.74, 6) is 0. The molecule has 0 aromatic rings. The molecule has 0 aromatic heterocycles. The smallest absolute Gasteiger partial charge is 0.0217 e. The third kappa shape index (κ3) is 5.68. The first kappa shape index (κ1) is 15.9. The van der Waals surface area contributed by atoms with Crippen molar-refractivity contribution in [1.82, 2.24) is 15.1 Å². The van der Waals surface area contributed by atoms with Crippen molar-refractivity contribution in [3.63, 3.8) is 0 Å². The third-order valence-corrected chi connectivity index (χ3v) is 4.18. The summed E-state index contributed by atoms with van der Waals surface area (Å²) in [5.41, 5.74) is 0. The molecule has 0 aromatic carbocycles. The summed E-state index contributed by atoms with van der Waals surface area (Å²) < 4.78 is 0. The Balaban J connectivity index is 2.18. The highest BCUT2D eigenvalue weighted by atomic mass is 15.2. The number of nitrogens with zero attached hydrogens (tertiary/aromatic N) is 2. The van der Waals surface area contributed by atoms with Crippen LogP contribution in [0.1, 0.15) is 46.0 Å². The van der Waals surface area contributed by atoms with E-state index >= 15 is 0 Å². The minimum atomic E-state index is 0.746. The fourth-order valence-corrected chi connectivity index (χ4v) is 2.81. The second-order valence-electron chi connectivity index (χ2n) is 6.00. The second-order valence-corrected chi connectivity index (χ2v) is 6.00. The van der Waals surface area contributed by atoms with Crippen molar-refractivity contribution in [3.05, 3.63) is 0 Å². The molecule has 1 saturated heterocycles. The molecule has 1 heterocycles. The summed E-state index contributed by atoms with van der Waals surface area (Å²) in [5, 5.41) is 3.49. The molecule has 18 heavy (non-hydrogen) atoms. The molecule has 0 saturated carbocycles. The van der Waals surface area contributed by atoms with Crippen molar-refractivity contribution < 1.29 is 0 Å². The Morgan fingerprint density at radius 2 is 2.11 bits per heavy atom. The summed E-state index contributed by atoms with van der Waals surface area (Å²) in [6.07, 6.45) is 6.61. The molecular formula is C15H33N3. The van der Waals surface area contributed by atoms with Gasteiger partial charge in [0.2, 0.25) is 0 Å². The Bertz CT molecular complexity index is 206. The Morgan fingerprint density at radius 1 is 1.33 bits per heavy atom. The van der Waals surface area contributed by atoms with Crippen LogP contribution in [0.3, 0.4) is 0 Å². The first-order valence-corrected chi connectivity index (χ1v) is 7.76. The molecule has 0 radical (unpaired) electrons. The maximum absolute atomic E-state index is 3.49. The van der Waals surface area contributed by atoms with Crippen LogP contribution >= 0.6 is 0 Å². The number of likely N-dealkylation sites (tertiary alicyclic amines) is 1. The Labute approximate surface area is 114 Å². The first-order chi connectivity index (χ1) is 8.65. The van der Waals surface area contributed by atoms with Gasteiger partial charge in [-0.2, -0.15) is 0 Å². The lowest BCUT2D eigenvalue weighted by atomic mass is 10.0. The minimum Gasteiger partial charge on any atom is -0.317 e. The average molecular weight is 255 g/mol. The molecule has 0 aliphatic carbocycles. The van der Waals surface area contributed by atoms with Gasteiger partial charge in [0, 0.05) is 18.6 Å². The highest BCUT2D eigenvalue weighted by Crippen LogP contribution is 2.17. The molecule has 1 N–H and O–H groups in total. The van der Waals surface area contributed by atoms with Crippen molar-refractivity contribution in [2.45, 2.75) is 58.0 Å². The normalized spacial score (nSPS) is 23.5. The number of piperidine rings is 1. The predicted molar refractivity (Wildman–Crippen MR) is 80.1 cm³/mol. The lowest BCUT2D eigenvalue weighted by molar-refractivity contribution is 0.0979. The third-order valence-electron chi connectivity index (χ3n) is 4.18. The molecule has 1 aliphatic rings. The van der Waals surface area contributed by atoms with E-state index in [0.717, 1.165) is 12.1 Å². The van der Waals surface area contributed by atoms with Crippen LogP contribution in [0.4, 0.5) is 0 Å². The van der Waals surface area contributed by atoms with E-state index in [1.54, 1.807) is 0 Å². The number of rotatable bonds is 8. The Morgan fingerprint density at radius 3 is 2.78 bits per heavy atom. The number of nitrogens with one attached hydrogen (secondary N) is 1. The van der Waals surface area contributed by atoms with E-state index < -0.39 is 0 Å². The minimum absolute atomic E-state index is 0.746. The standard InChI is InChI=1S/C15H33N3/c1-5-10-16-11-6-8-14(2)18-12-7-9-15(13-18)17(3)4/h14-16H,5-13H2,1-4H3. The average Bonchev–Trinajstić information content (AvgIpc) is 2.38. The number of hydrogen-bond acceptors (Lipinski definition) is 3. The van der Waals surface area contributed by atoms with Gasteiger partial charge in [-0.1, -0.05) is 6.92 Å². The van der Waals surface area contributed by atoms with Crippen molar-refractivity contribution in [2.75, 3.05) is 40.3 Å². The van der Waals surface area contributed by atoms with Crippen LogP contribution in [0, 0.1) is 0 Å². The fourth-order valence-electron chi connectivity index (χ4n) is 2.81. The molecule has 2 atom stereocenters. The molecule has 1 aliphatic heterocycles. The lowest BCUT2D eigenvalue weighted by Gasteiger charge is -2.39. The van der Waals surface area contributed by atoms with Gasteiger partial charge < -0.3 is 10.2 Å². The molecule has 108 valence electrons. The molecule has 0 bridgehead atoms. The van der Waals surface area contributed by atoms with Crippen LogP contribution in [-0.2, 0) is 0 Å². The molecule has 2 unspecified atom stereocenters. The van der Waals surface area contributed by atoms with E-state index in [2.05, 4.69) is 43.1 Å². The number of likely N-dealkylation sites (N-methyl/N-ethyl adjacent to an activating group) is 1. The molecular weight excluding hydrogens is 222 g/mol. The predicted octanol–water partition coefficient (Wildman–Crippen LogP) is 2.18. The van der Waals surface area contributed by atoms with Gasteiger partial charge in [0.1, 0.15) is 0 Å². The fraction of sp³-hybridized carbons (Fsp3) is 1.00. The summed E-state index contributed by atoms with van der Waals surface area (Å²) >= 11 is 0. The summed E-state index contributed by atoms with van der Waals surface area (Å²) in [6.45, 7) is 9.54. The maximum atomic E-state index is 3.49. The van der Waals surface area contributed by atoms with Crippen LogP contribution in [0.2, 0.25) is 0 Å². The van der Waals surface area contributed by atoms with Crippen molar-refractivity contribution >= 4 is 0 Å². The summed E-state index contributed by atoms with van der Waals surface area (Å²) in [6, 6.07) is 1.51. The van der Waals surface area contributed by atoms with E-state index in [1.165, 1.54) is 58.3 Å². The zero-order valence-electron chi connectivity index (χ0n) is 12.9. The summed E-state index contributed by atoms with van der Waals surface area (Å²) in [7, 11) is 4.43. The molecule has 1 rings (SSSR count). The lowest BCUT2D eigenvalue weighted by Crippen LogP contribution is -2.48. The first-order valence-electron chi connectivity index (χ1n) is 7.76. The van der Waals surface area contributed by atoms with Crippen LogP contribution < -0.4 is 5.32 Å². The van der Waals surface area contributed by atoms with Crippen molar-refractivity contribution in [2.24, 2.45) is 0 Å². The van der Waals surface area contributed by atoms with Crippen LogP contribution in [0.5, 0.6) is 0 Å². The van der Waals surface area contributed by atoms with E-state index in [9.17, 15) is 0 Å². The monoisotopic (exact) mass is 255 g/mol. The van der Waals surface area contributed by atoms with E-state index in [1.807, 2.05) is 0 Å². The quantitative estimate of drug-likeness (QED) is 0.671. The summed E-state index contributed by atoms with van der Waals surface area (Å²) in [4.78, 5) is 5.08. The molecule has 1 fully saturated rings. The molecule has 3 nitrogen and oxygen atoms in total. The van der Waals surface area contributed by atoms with Gasteiger partial charge in [-0.05, 0) is 72.8 Å². The zero-order valence-corrected chi connectivity index (χ0v) is 12.9. The maximum Gasteiger partial charge on any atom is 0.0217 e. The molecule has 3 heteroatoms. The second kappa shape index (κ2) is 8.89. The zero-order chi connectivity index (χ0) is 13.4. The van der Waals surface area contributed by atoms with Gasteiger partial charge in [0.25, 0.3) is 0 Å². The van der Waals surface area contributed by atoms with Gasteiger partial charge in [-0.25, -0.2) is 0 Å². The Kier molecular flexibility index (Phi) is 7.87. The van der Waals surface area contributed by atoms with Crippen molar-refractivity contribution in [1.29, 1.82) is 0 Å². The SMILES string of the molecule is CCCNCCCC(C)N1CCCC(N(C)C)C1. The van der Waals surface area contributed by atoms with E-state index in [4.69, 9.17) is 0 Å². The Hall–Kier alpha value is -0.120. The highest BCUT2D eigenvalue weighted by Gasteiger charge is 2.24. The van der Waals surface area contributed by atoms with Crippen LogP contribution in [0.15, 0.2) is 0 Å². The van der Waals surface area contributed by atoms with Gasteiger partial charge in [0.05, 0.1) is 0 Å². The molecule has 0 spiro atoms. The van der Waals surface area contributed by atoms with Gasteiger partial charge >= 0.3 is 0 Å². The largest absolute Gasteiger partial charge is 0.317 e. The van der Waals surface area contributed by atoms with Crippen LogP contribution in [0.25, 0.3) is 0 Å². The van der Waals surface area contributed by atoms with Gasteiger partial charge in [-0.3, -0.25) is 4.90 Å². The van der Waals surface area contributed by atoms with Crippen LogP contribution in [-0.4, -0.2) is 62.2 Å². The van der Waals surface area contributed by atoms with Gasteiger partial charge in [-0.15, -0.1) is 0 Å². The molecule has 0 amide bonds. The highest BCUT2D eigenvalue weighted by molar-refractivity contribution is 4.81. The van der Waals surface area contributed by atoms with E-state index in [0.29, 0.717) is 0 Å². The van der Waals surface area contributed by atoms with Crippen molar-refractivity contribution in [3.8, 4) is 0 Å². The van der Waals surface area contributed by atoms with E-state index in [-0.39, 0.29) is 0 Å². The van der Waals surface area contributed by atoms with Gasteiger partial charge in [0.15, 0.2) is 0 Å². The number of hydrogen-bond donors (Lipinski definition) is 1. The topological polar surface area (TPSA) is 18.5 Å².